The number of rotatable bonds is 4. The van der Waals surface area contributed by atoms with E-state index in [1.165, 1.54) is 31.4 Å². The first-order valence-electron chi connectivity index (χ1n) is 6.59. The molecule has 0 bridgehead atoms. The zero-order valence-corrected chi connectivity index (χ0v) is 10.7. The minimum absolute atomic E-state index is 0.0768. The van der Waals surface area contributed by atoms with Gasteiger partial charge < -0.3 is 4.74 Å². The molecule has 0 N–H and O–H groups in total. The minimum atomic E-state index is -4.36. The fraction of sp³-hybridized carbons (Fsp3) is 0.571. The average molecular weight is 273 g/mol. The van der Waals surface area contributed by atoms with Gasteiger partial charge in [0.15, 0.2) is 0 Å². The second-order valence-electron chi connectivity index (χ2n) is 4.74. The number of nitrogens with zero attached hydrogens (tertiary/aromatic N) is 1. The number of benzene rings is 1. The van der Waals surface area contributed by atoms with Gasteiger partial charge in [-0.15, -0.1) is 0 Å². The summed E-state index contributed by atoms with van der Waals surface area (Å²) in [4.78, 5) is 2.24. The van der Waals surface area contributed by atoms with Gasteiger partial charge in [-0.05, 0) is 38.1 Å². The topological polar surface area (TPSA) is 12.5 Å². The van der Waals surface area contributed by atoms with E-state index in [0.717, 1.165) is 19.2 Å². The molecule has 0 amide bonds. The van der Waals surface area contributed by atoms with Crippen molar-refractivity contribution >= 4 is 0 Å². The molecular weight excluding hydrogens is 255 g/mol. The van der Waals surface area contributed by atoms with Crippen LogP contribution in [0.25, 0.3) is 0 Å². The van der Waals surface area contributed by atoms with Crippen molar-refractivity contribution in [1.82, 2.24) is 4.90 Å². The summed E-state index contributed by atoms with van der Waals surface area (Å²) < 4.78 is 43.5. The lowest BCUT2D eigenvalue weighted by Crippen LogP contribution is -2.33. The summed E-state index contributed by atoms with van der Waals surface area (Å²) >= 11 is 0. The fourth-order valence-corrected chi connectivity index (χ4v) is 2.29. The maximum atomic E-state index is 12.7. The highest BCUT2D eigenvalue weighted by Crippen LogP contribution is 2.35. The molecular formula is C14H18F3NO. The number of likely N-dealkylation sites (tertiary alicyclic amines) is 1. The van der Waals surface area contributed by atoms with Gasteiger partial charge in [0.25, 0.3) is 0 Å². The second kappa shape index (κ2) is 6.28. The van der Waals surface area contributed by atoms with Crippen molar-refractivity contribution in [2.24, 2.45) is 0 Å². The number of hydrogen-bond donors (Lipinski definition) is 0. The summed E-state index contributed by atoms with van der Waals surface area (Å²) in [5, 5.41) is 0. The van der Waals surface area contributed by atoms with Gasteiger partial charge in [0.1, 0.15) is 12.4 Å². The number of ether oxygens (including phenoxy) is 1. The Balaban J connectivity index is 1.88. The monoisotopic (exact) mass is 273 g/mol. The first-order chi connectivity index (χ1) is 9.07. The van der Waals surface area contributed by atoms with Crippen LogP contribution in [0.15, 0.2) is 24.3 Å². The summed E-state index contributed by atoms with van der Waals surface area (Å²) in [6, 6.07) is 5.36. The highest BCUT2D eigenvalue weighted by Gasteiger charge is 2.33. The van der Waals surface area contributed by atoms with Crippen molar-refractivity contribution in [3.63, 3.8) is 0 Å². The Labute approximate surface area is 111 Å². The van der Waals surface area contributed by atoms with Crippen molar-refractivity contribution in [2.75, 3.05) is 26.2 Å². The predicted octanol–water partition coefficient (Wildman–Crippen LogP) is 3.57. The molecule has 106 valence electrons. The molecule has 0 spiro atoms. The molecule has 19 heavy (non-hydrogen) atoms. The Kier molecular flexibility index (Phi) is 4.69. The van der Waals surface area contributed by atoms with Gasteiger partial charge in [-0.25, -0.2) is 0 Å². The molecule has 0 aliphatic carbocycles. The van der Waals surface area contributed by atoms with Crippen LogP contribution in [0.3, 0.4) is 0 Å². The first-order valence-corrected chi connectivity index (χ1v) is 6.59. The molecule has 2 nitrogen and oxygen atoms in total. The van der Waals surface area contributed by atoms with Gasteiger partial charge in [-0.3, -0.25) is 4.90 Å². The van der Waals surface area contributed by atoms with E-state index < -0.39 is 11.7 Å². The lowest BCUT2D eigenvalue weighted by molar-refractivity contribution is -0.139. The van der Waals surface area contributed by atoms with Gasteiger partial charge in [-0.1, -0.05) is 18.6 Å². The molecule has 1 aromatic carbocycles. The van der Waals surface area contributed by atoms with Crippen LogP contribution in [0.4, 0.5) is 13.2 Å². The maximum Gasteiger partial charge on any atom is 0.419 e. The Bertz CT molecular complexity index is 400. The summed E-state index contributed by atoms with van der Waals surface area (Å²) in [6.45, 7) is 3.02. The lowest BCUT2D eigenvalue weighted by atomic mass is 10.1. The van der Waals surface area contributed by atoms with Crippen LogP contribution in [0.5, 0.6) is 5.75 Å². The van der Waals surface area contributed by atoms with Crippen LogP contribution in [-0.2, 0) is 6.18 Å². The number of piperidine rings is 1. The van der Waals surface area contributed by atoms with E-state index >= 15 is 0 Å². The van der Waals surface area contributed by atoms with Crippen molar-refractivity contribution < 1.29 is 17.9 Å². The number of para-hydroxylation sites is 1. The van der Waals surface area contributed by atoms with Gasteiger partial charge >= 0.3 is 6.18 Å². The molecule has 0 saturated carbocycles. The molecule has 1 fully saturated rings. The third kappa shape index (κ3) is 4.13. The molecule has 1 heterocycles. The highest BCUT2D eigenvalue weighted by atomic mass is 19.4. The van der Waals surface area contributed by atoms with E-state index in [9.17, 15) is 13.2 Å². The first kappa shape index (κ1) is 14.2. The standard InChI is InChI=1S/C14H18F3NO/c15-14(16,17)12-6-2-3-7-13(12)19-11-10-18-8-4-1-5-9-18/h2-3,6-7H,1,4-5,8-11H2. The summed E-state index contributed by atoms with van der Waals surface area (Å²) in [6.07, 6.45) is -0.783. The van der Waals surface area contributed by atoms with Crippen LogP contribution in [0, 0.1) is 0 Å². The average Bonchev–Trinajstić information content (AvgIpc) is 2.39. The van der Waals surface area contributed by atoms with Crippen LogP contribution in [-0.4, -0.2) is 31.1 Å². The van der Waals surface area contributed by atoms with Crippen LogP contribution in [0.1, 0.15) is 24.8 Å². The van der Waals surface area contributed by atoms with E-state index in [1.807, 2.05) is 0 Å². The molecule has 1 saturated heterocycles. The quantitative estimate of drug-likeness (QED) is 0.831. The van der Waals surface area contributed by atoms with E-state index in [-0.39, 0.29) is 5.75 Å². The van der Waals surface area contributed by atoms with Crippen LogP contribution >= 0.6 is 0 Å². The van der Waals surface area contributed by atoms with Crippen LogP contribution in [0.2, 0.25) is 0 Å². The Hall–Kier alpha value is -1.23. The molecule has 1 aliphatic rings. The maximum absolute atomic E-state index is 12.7. The summed E-state index contributed by atoms with van der Waals surface area (Å²) in [5.74, 6) is -0.0768. The Morgan fingerprint density at radius 3 is 2.42 bits per heavy atom. The molecule has 0 radical (unpaired) electrons. The number of hydrogen-bond acceptors (Lipinski definition) is 2. The smallest absolute Gasteiger partial charge is 0.419 e. The van der Waals surface area contributed by atoms with Crippen molar-refractivity contribution in [3.05, 3.63) is 29.8 Å². The Morgan fingerprint density at radius 2 is 1.74 bits per heavy atom. The third-order valence-electron chi connectivity index (χ3n) is 3.31. The van der Waals surface area contributed by atoms with E-state index in [4.69, 9.17) is 4.74 Å². The van der Waals surface area contributed by atoms with E-state index in [1.54, 1.807) is 6.07 Å². The van der Waals surface area contributed by atoms with Gasteiger partial charge in [0.05, 0.1) is 5.56 Å². The Morgan fingerprint density at radius 1 is 1.05 bits per heavy atom. The minimum Gasteiger partial charge on any atom is -0.492 e. The highest BCUT2D eigenvalue weighted by molar-refractivity contribution is 5.35. The molecule has 0 aromatic heterocycles. The van der Waals surface area contributed by atoms with Crippen molar-refractivity contribution in [3.8, 4) is 5.75 Å². The molecule has 0 atom stereocenters. The third-order valence-corrected chi connectivity index (χ3v) is 3.31. The van der Waals surface area contributed by atoms with Gasteiger partial charge in [0, 0.05) is 6.54 Å². The van der Waals surface area contributed by atoms with Crippen molar-refractivity contribution in [1.29, 1.82) is 0 Å². The zero-order chi connectivity index (χ0) is 13.7. The second-order valence-corrected chi connectivity index (χ2v) is 4.74. The molecule has 1 aromatic rings. The summed E-state index contributed by atoms with van der Waals surface area (Å²) in [7, 11) is 0. The van der Waals surface area contributed by atoms with Gasteiger partial charge in [-0.2, -0.15) is 13.2 Å². The fourth-order valence-electron chi connectivity index (χ4n) is 2.29. The summed E-state index contributed by atoms with van der Waals surface area (Å²) in [5.41, 5.74) is -0.700. The largest absolute Gasteiger partial charge is 0.492 e. The number of halogens is 3. The lowest BCUT2D eigenvalue weighted by Gasteiger charge is -2.26. The normalized spacial score (nSPS) is 17.4. The zero-order valence-electron chi connectivity index (χ0n) is 10.7. The molecule has 5 heteroatoms. The molecule has 2 rings (SSSR count). The predicted molar refractivity (Wildman–Crippen MR) is 67.2 cm³/mol. The number of alkyl halides is 3. The van der Waals surface area contributed by atoms with Crippen LogP contribution < -0.4 is 4.74 Å². The SMILES string of the molecule is FC(F)(F)c1ccccc1OCCN1CCCCC1. The van der Waals surface area contributed by atoms with E-state index in [2.05, 4.69) is 4.90 Å². The van der Waals surface area contributed by atoms with E-state index in [0.29, 0.717) is 13.2 Å². The molecule has 0 unspecified atom stereocenters. The molecule has 1 aliphatic heterocycles. The van der Waals surface area contributed by atoms with Crippen molar-refractivity contribution in [2.45, 2.75) is 25.4 Å². The van der Waals surface area contributed by atoms with Gasteiger partial charge in [0.2, 0.25) is 0 Å².